The maximum absolute atomic E-state index is 12.4. The van der Waals surface area contributed by atoms with E-state index in [1.165, 1.54) is 24.3 Å². The Morgan fingerprint density at radius 3 is 2.62 bits per heavy atom. The number of amides is 1. The third kappa shape index (κ3) is 2.71. The summed E-state index contributed by atoms with van der Waals surface area (Å²) in [6.07, 6.45) is 1.45. The molecule has 0 unspecified atom stereocenters. The molecular formula is C16H10Br2N2O4. The van der Waals surface area contributed by atoms with Gasteiger partial charge < -0.3 is 10.4 Å². The molecule has 3 rings (SSSR count). The SMILES string of the molecule is Cc1c(Br)cc(Br)c2c1C(=Cc1cc([N+](=O)[O-])ccc1O)C(=O)N2. The van der Waals surface area contributed by atoms with Gasteiger partial charge in [0.2, 0.25) is 0 Å². The lowest BCUT2D eigenvalue weighted by molar-refractivity contribution is -0.384. The summed E-state index contributed by atoms with van der Waals surface area (Å²) in [7, 11) is 0. The maximum Gasteiger partial charge on any atom is 0.270 e. The molecule has 1 aliphatic rings. The van der Waals surface area contributed by atoms with Crippen LogP contribution in [0.25, 0.3) is 11.6 Å². The van der Waals surface area contributed by atoms with Gasteiger partial charge in [0.05, 0.1) is 16.2 Å². The van der Waals surface area contributed by atoms with E-state index in [9.17, 15) is 20.0 Å². The molecule has 0 fully saturated rings. The number of halogens is 2. The summed E-state index contributed by atoms with van der Waals surface area (Å²) < 4.78 is 1.54. The first-order chi connectivity index (χ1) is 11.3. The average molecular weight is 454 g/mol. The fourth-order valence-electron chi connectivity index (χ4n) is 2.54. The molecule has 1 amide bonds. The smallest absolute Gasteiger partial charge is 0.270 e. The van der Waals surface area contributed by atoms with E-state index >= 15 is 0 Å². The van der Waals surface area contributed by atoms with Gasteiger partial charge in [-0.3, -0.25) is 14.9 Å². The number of aromatic hydroxyl groups is 1. The minimum atomic E-state index is -0.553. The lowest BCUT2D eigenvalue weighted by atomic mass is 9.99. The molecule has 0 spiro atoms. The molecule has 0 aromatic heterocycles. The summed E-state index contributed by atoms with van der Waals surface area (Å²) in [5.41, 5.74) is 2.55. The van der Waals surface area contributed by atoms with Gasteiger partial charge in [0.25, 0.3) is 11.6 Å². The van der Waals surface area contributed by atoms with Crippen molar-refractivity contribution in [2.45, 2.75) is 6.92 Å². The Bertz CT molecular complexity index is 938. The fraction of sp³-hybridized carbons (Fsp3) is 0.0625. The summed E-state index contributed by atoms with van der Waals surface area (Å²) in [4.78, 5) is 22.7. The predicted octanol–water partition coefficient (Wildman–Crippen LogP) is 4.63. The molecule has 6 nitrogen and oxygen atoms in total. The number of nitro benzene ring substituents is 1. The lowest BCUT2D eigenvalue weighted by Gasteiger charge is -2.08. The molecule has 0 bridgehead atoms. The highest BCUT2D eigenvalue weighted by Gasteiger charge is 2.29. The Morgan fingerprint density at radius 2 is 1.96 bits per heavy atom. The van der Waals surface area contributed by atoms with E-state index in [4.69, 9.17) is 0 Å². The normalized spacial score (nSPS) is 14.6. The summed E-state index contributed by atoms with van der Waals surface area (Å²) in [6, 6.07) is 5.51. The van der Waals surface area contributed by atoms with E-state index in [0.717, 1.165) is 14.5 Å². The van der Waals surface area contributed by atoms with Gasteiger partial charge in [0.1, 0.15) is 5.75 Å². The Labute approximate surface area is 153 Å². The van der Waals surface area contributed by atoms with Crippen LogP contribution in [-0.4, -0.2) is 15.9 Å². The number of nitro groups is 1. The number of hydrogen-bond acceptors (Lipinski definition) is 4. The van der Waals surface area contributed by atoms with E-state index < -0.39 is 4.92 Å². The minimum absolute atomic E-state index is 0.138. The molecule has 8 heteroatoms. The van der Waals surface area contributed by atoms with E-state index in [1.54, 1.807) is 0 Å². The van der Waals surface area contributed by atoms with Crippen LogP contribution in [0.2, 0.25) is 0 Å². The van der Waals surface area contributed by atoms with Crippen LogP contribution in [0.1, 0.15) is 16.7 Å². The number of nitrogens with zero attached hydrogens (tertiary/aromatic N) is 1. The number of rotatable bonds is 2. The highest BCUT2D eigenvalue weighted by Crippen LogP contribution is 2.44. The van der Waals surface area contributed by atoms with Crippen LogP contribution in [0.4, 0.5) is 11.4 Å². The Balaban J connectivity index is 2.23. The minimum Gasteiger partial charge on any atom is -0.507 e. The van der Waals surface area contributed by atoms with Gasteiger partial charge in [0, 0.05) is 32.2 Å². The number of anilines is 1. The highest BCUT2D eigenvalue weighted by atomic mass is 79.9. The second kappa shape index (κ2) is 6.03. The van der Waals surface area contributed by atoms with E-state index in [1.807, 2.05) is 13.0 Å². The van der Waals surface area contributed by atoms with Crippen LogP contribution in [0.5, 0.6) is 5.75 Å². The number of phenols is 1. The molecule has 0 atom stereocenters. The zero-order chi connectivity index (χ0) is 17.6. The molecule has 2 aromatic carbocycles. The first-order valence-corrected chi connectivity index (χ1v) is 8.37. The molecule has 1 heterocycles. The molecule has 2 aromatic rings. The molecule has 0 aliphatic carbocycles. The van der Waals surface area contributed by atoms with Crippen molar-refractivity contribution in [1.82, 2.24) is 0 Å². The molecular weight excluding hydrogens is 444 g/mol. The summed E-state index contributed by atoms with van der Waals surface area (Å²) in [6.45, 7) is 1.86. The summed E-state index contributed by atoms with van der Waals surface area (Å²) in [5, 5.41) is 23.7. The van der Waals surface area contributed by atoms with Crippen molar-refractivity contribution in [2.75, 3.05) is 5.32 Å². The van der Waals surface area contributed by atoms with Gasteiger partial charge in [-0.25, -0.2) is 0 Å². The van der Waals surface area contributed by atoms with E-state index in [2.05, 4.69) is 37.2 Å². The number of benzene rings is 2. The van der Waals surface area contributed by atoms with Crippen molar-refractivity contribution in [3.05, 3.63) is 60.0 Å². The average Bonchev–Trinajstić information content (AvgIpc) is 2.84. The highest BCUT2D eigenvalue weighted by molar-refractivity contribution is 9.11. The third-order valence-corrected chi connectivity index (χ3v) is 5.20. The second-order valence-corrected chi connectivity index (χ2v) is 6.94. The van der Waals surface area contributed by atoms with Crippen molar-refractivity contribution in [3.63, 3.8) is 0 Å². The summed E-state index contributed by atoms with van der Waals surface area (Å²) in [5.74, 6) is -0.473. The van der Waals surface area contributed by atoms with Crippen LogP contribution in [0.3, 0.4) is 0 Å². The monoisotopic (exact) mass is 452 g/mol. The van der Waals surface area contributed by atoms with Crippen molar-refractivity contribution < 1.29 is 14.8 Å². The van der Waals surface area contributed by atoms with Gasteiger partial charge in [-0.05, 0) is 46.6 Å². The Morgan fingerprint density at radius 1 is 1.25 bits per heavy atom. The van der Waals surface area contributed by atoms with Crippen LogP contribution in [-0.2, 0) is 4.79 Å². The van der Waals surface area contributed by atoms with E-state index in [-0.39, 0.29) is 22.9 Å². The number of carbonyl (C=O) groups is 1. The molecule has 24 heavy (non-hydrogen) atoms. The maximum atomic E-state index is 12.4. The van der Waals surface area contributed by atoms with Crippen molar-refractivity contribution in [1.29, 1.82) is 0 Å². The number of non-ortho nitro benzene ring substituents is 1. The molecule has 0 radical (unpaired) electrons. The summed E-state index contributed by atoms with van der Waals surface area (Å²) >= 11 is 6.85. The quantitative estimate of drug-likeness (QED) is 0.394. The van der Waals surface area contributed by atoms with Gasteiger partial charge in [-0.15, -0.1) is 0 Å². The zero-order valence-corrected chi connectivity index (χ0v) is 15.4. The lowest BCUT2D eigenvalue weighted by Crippen LogP contribution is -2.04. The molecule has 0 saturated heterocycles. The standard InChI is InChI=1S/C16H10Br2N2O4/c1-7-11(17)6-12(18)15-14(7)10(16(22)19-15)5-8-4-9(20(23)24)2-3-13(8)21/h2-6,21H,1H3,(H,19,22). The molecule has 122 valence electrons. The van der Waals surface area contributed by atoms with Crippen molar-refractivity contribution in [3.8, 4) is 5.75 Å². The Hall–Kier alpha value is -2.19. The molecule has 2 N–H and O–H groups in total. The van der Waals surface area contributed by atoms with Crippen molar-refractivity contribution >= 4 is 60.8 Å². The second-order valence-electron chi connectivity index (χ2n) is 5.23. The number of fused-ring (bicyclic) bond motifs is 1. The molecule has 1 aliphatic heterocycles. The van der Waals surface area contributed by atoms with Gasteiger partial charge in [-0.1, -0.05) is 15.9 Å². The van der Waals surface area contributed by atoms with Crippen LogP contribution in [0, 0.1) is 17.0 Å². The number of nitrogens with one attached hydrogen (secondary N) is 1. The van der Waals surface area contributed by atoms with E-state index in [0.29, 0.717) is 16.8 Å². The van der Waals surface area contributed by atoms with Crippen molar-refractivity contribution in [2.24, 2.45) is 0 Å². The van der Waals surface area contributed by atoms with Gasteiger partial charge >= 0.3 is 0 Å². The van der Waals surface area contributed by atoms with Crippen LogP contribution < -0.4 is 5.32 Å². The topological polar surface area (TPSA) is 92.5 Å². The fourth-order valence-corrected chi connectivity index (χ4v) is 3.80. The molecule has 0 saturated carbocycles. The number of phenolic OH excluding ortho intramolecular Hbond substituents is 1. The zero-order valence-electron chi connectivity index (χ0n) is 12.3. The third-order valence-electron chi connectivity index (χ3n) is 3.75. The number of hydrogen-bond donors (Lipinski definition) is 2. The first kappa shape index (κ1) is 16.7. The van der Waals surface area contributed by atoms with Crippen LogP contribution in [0.15, 0.2) is 33.2 Å². The largest absolute Gasteiger partial charge is 0.507 e. The predicted molar refractivity (Wildman–Crippen MR) is 97.8 cm³/mol. The Kier molecular flexibility index (Phi) is 4.18. The number of carbonyl (C=O) groups excluding carboxylic acids is 1. The van der Waals surface area contributed by atoms with Crippen LogP contribution >= 0.6 is 31.9 Å². The van der Waals surface area contributed by atoms with Gasteiger partial charge in [-0.2, -0.15) is 0 Å². The first-order valence-electron chi connectivity index (χ1n) is 6.79. The van der Waals surface area contributed by atoms with Gasteiger partial charge in [0.15, 0.2) is 0 Å².